The number of hydrogen-bond donors (Lipinski definition) is 2. The molecule has 0 unspecified atom stereocenters. The van der Waals surface area contributed by atoms with Crippen molar-refractivity contribution < 1.29 is 0 Å². The lowest BCUT2D eigenvalue weighted by molar-refractivity contribution is 0.673. The normalized spacial score (nSPS) is 9.89. The van der Waals surface area contributed by atoms with Crippen molar-refractivity contribution in [1.29, 1.82) is 0 Å². The molecule has 0 amide bonds. The molecule has 0 saturated heterocycles. The summed E-state index contributed by atoms with van der Waals surface area (Å²) in [6, 6.07) is 1.64. The molecule has 0 fully saturated rings. The smallest absolute Gasteiger partial charge is 0.147 e. The van der Waals surface area contributed by atoms with E-state index >= 15 is 0 Å². The number of rotatable bonds is 1. The molecule has 1 rings (SSSR count). The molecule has 0 aromatic carbocycles. The number of aryl methyl sites for hydroxylation is 1. The first-order valence-corrected chi connectivity index (χ1v) is 2.83. The summed E-state index contributed by atoms with van der Waals surface area (Å²) in [5, 5.41) is 3.90. The van der Waals surface area contributed by atoms with Gasteiger partial charge < -0.3 is 11.5 Å². The van der Waals surface area contributed by atoms with Gasteiger partial charge in [0, 0.05) is 12.6 Å². The molecule has 0 aliphatic carbocycles. The minimum absolute atomic E-state index is 0.481. The van der Waals surface area contributed by atoms with Gasteiger partial charge in [-0.3, -0.25) is 0 Å². The summed E-state index contributed by atoms with van der Waals surface area (Å²) in [4.78, 5) is 0. The predicted molar refractivity (Wildman–Crippen MR) is 36.7 cm³/mol. The van der Waals surface area contributed by atoms with Crippen molar-refractivity contribution in [2.45, 2.75) is 13.5 Å². The fourth-order valence-electron chi connectivity index (χ4n) is 0.705. The summed E-state index contributed by atoms with van der Waals surface area (Å²) < 4.78 is 1.65. The molecule has 4 nitrogen and oxygen atoms in total. The van der Waals surface area contributed by atoms with Gasteiger partial charge in [0.15, 0.2) is 0 Å². The maximum absolute atomic E-state index is 5.47. The van der Waals surface area contributed by atoms with E-state index < -0.39 is 0 Å². The largest absolute Gasteiger partial charge is 0.384 e. The van der Waals surface area contributed by atoms with Gasteiger partial charge in [-0.25, -0.2) is 4.68 Å². The minimum Gasteiger partial charge on any atom is -0.384 e. The monoisotopic (exact) mass is 126 g/mol. The van der Waals surface area contributed by atoms with E-state index in [1.807, 2.05) is 6.92 Å². The molecule has 0 aliphatic rings. The van der Waals surface area contributed by atoms with Gasteiger partial charge in [0.2, 0.25) is 0 Å². The zero-order chi connectivity index (χ0) is 6.85. The van der Waals surface area contributed by atoms with E-state index in [1.165, 1.54) is 0 Å². The summed E-state index contributed by atoms with van der Waals surface area (Å²) in [5.41, 5.74) is 10.8. The summed E-state index contributed by atoms with van der Waals surface area (Å²) >= 11 is 0. The first-order valence-electron chi connectivity index (χ1n) is 2.83. The second-order valence-electron chi connectivity index (χ2n) is 1.81. The number of nitrogens with zero attached hydrogens (tertiary/aromatic N) is 2. The number of nitrogen functional groups attached to an aromatic ring is 2. The molecule has 0 atom stereocenters. The first kappa shape index (κ1) is 5.94. The van der Waals surface area contributed by atoms with E-state index in [0.717, 1.165) is 6.54 Å². The Labute approximate surface area is 53.4 Å². The lowest BCUT2D eigenvalue weighted by Gasteiger charge is -1.94. The van der Waals surface area contributed by atoms with Gasteiger partial charge in [0.1, 0.15) is 11.6 Å². The highest BCUT2D eigenvalue weighted by molar-refractivity contribution is 5.41. The second-order valence-corrected chi connectivity index (χ2v) is 1.81. The highest BCUT2D eigenvalue weighted by Gasteiger charge is 1.96. The van der Waals surface area contributed by atoms with E-state index in [-0.39, 0.29) is 0 Å². The predicted octanol–water partition coefficient (Wildman–Crippen LogP) is 0.0674. The summed E-state index contributed by atoms with van der Waals surface area (Å²) in [7, 11) is 0. The van der Waals surface area contributed by atoms with Crippen molar-refractivity contribution in [2.24, 2.45) is 0 Å². The SMILES string of the molecule is CCn1nc(N)cc1N. The van der Waals surface area contributed by atoms with Crippen molar-refractivity contribution in [1.82, 2.24) is 9.78 Å². The molecule has 4 N–H and O–H groups in total. The summed E-state index contributed by atoms with van der Waals surface area (Å²) in [6.07, 6.45) is 0. The zero-order valence-corrected chi connectivity index (χ0v) is 5.33. The topological polar surface area (TPSA) is 69.9 Å². The van der Waals surface area contributed by atoms with Crippen LogP contribution in [0, 0.1) is 0 Å². The third-order valence-corrected chi connectivity index (χ3v) is 1.13. The van der Waals surface area contributed by atoms with Crippen LogP contribution in [-0.4, -0.2) is 9.78 Å². The highest BCUT2D eigenvalue weighted by atomic mass is 15.3. The average molecular weight is 126 g/mol. The molecule has 1 aromatic heterocycles. The third-order valence-electron chi connectivity index (χ3n) is 1.13. The Morgan fingerprint density at radius 3 is 2.56 bits per heavy atom. The van der Waals surface area contributed by atoms with Crippen LogP contribution in [0.4, 0.5) is 11.6 Å². The molecular weight excluding hydrogens is 116 g/mol. The molecule has 0 bridgehead atoms. The number of nitrogens with two attached hydrogens (primary N) is 2. The van der Waals surface area contributed by atoms with Crippen molar-refractivity contribution >= 4 is 11.6 Å². The fourth-order valence-corrected chi connectivity index (χ4v) is 0.705. The van der Waals surface area contributed by atoms with Gasteiger partial charge in [-0.2, -0.15) is 5.10 Å². The summed E-state index contributed by atoms with van der Waals surface area (Å²) in [5.74, 6) is 1.10. The number of anilines is 2. The zero-order valence-electron chi connectivity index (χ0n) is 5.33. The van der Waals surface area contributed by atoms with Crippen molar-refractivity contribution in [3.63, 3.8) is 0 Å². The van der Waals surface area contributed by atoms with Gasteiger partial charge in [-0.15, -0.1) is 0 Å². The van der Waals surface area contributed by atoms with Gasteiger partial charge in [-0.1, -0.05) is 0 Å². The lowest BCUT2D eigenvalue weighted by atomic mass is 10.6. The Balaban J connectivity index is 3.01. The molecule has 4 heteroatoms. The molecule has 1 aromatic rings. The van der Waals surface area contributed by atoms with Crippen LogP contribution in [0.25, 0.3) is 0 Å². The van der Waals surface area contributed by atoms with Crippen LogP contribution in [0.1, 0.15) is 6.92 Å². The Morgan fingerprint density at radius 2 is 2.33 bits per heavy atom. The van der Waals surface area contributed by atoms with Crippen LogP contribution >= 0.6 is 0 Å². The summed E-state index contributed by atoms with van der Waals surface area (Å²) in [6.45, 7) is 2.73. The third kappa shape index (κ3) is 0.960. The van der Waals surface area contributed by atoms with E-state index in [0.29, 0.717) is 11.6 Å². The number of aromatic nitrogens is 2. The standard InChI is InChI=1S/C5H10N4/c1-2-9-5(7)3-4(6)8-9/h3H,2,7H2,1H3,(H2,6,8). The van der Waals surface area contributed by atoms with Gasteiger partial charge in [0.05, 0.1) is 0 Å². The molecule has 0 aliphatic heterocycles. The maximum atomic E-state index is 5.47. The Hall–Kier alpha value is -1.19. The maximum Gasteiger partial charge on any atom is 0.147 e. The van der Waals surface area contributed by atoms with E-state index in [1.54, 1.807) is 10.7 Å². The molecule has 0 spiro atoms. The van der Waals surface area contributed by atoms with Crippen LogP contribution in [0.2, 0.25) is 0 Å². The van der Waals surface area contributed by atoms with E-state index in [4.69, 9.17) is 11.5 Å². The minimum atomic E-state index is 0.481. The van der Waals surface area contributed by atoms with E-state index in [2.05, 4.69) is 5.10 Å². The van der Waals surface area contributed by atoms with Crippen LogP contribution in [-0.2, 0) is 6.54 Å². The molecule has 1 heterocycles. The Bertz CT molecular complexity index is 203. The van der Waals surface area contributed by atoms with E-state index in [9.17, 15) is 0 Å². The van der Waals surface area contributed by atoms with Crippen molar-refractivity contribution in [2.75, 3.05) is 11.5 Å². The van der Waals surface area contributed by atoms with Crippen LogP contribution in [0.15, 0.2) is 6.07 Å². The van der Waals surface area contributed by atoms with Gasteiger partial charge >= 0.3 is 0 Å². The van der Waals surface area contributed by atoms with Gasteiger partial charge in [0.25, 0.3) is 0 Å². The number of hydrogen-bond acceptors (Lipinski definition) is 3. The Kier molecular flexibility index (Phi) is 1.30. The van der Waals surface area contributed by atoms with Crippen LogP contribution in [0.5, 0.6) is 0 Å². The second kappa shape index (κ2) is 1.97. The first-order chi connectivity index (χ1) is 4.24. The molecular formula is C5H10N4. The lowest BCUT2D eigenvalue weighted by Crippen LogP contribution is -2.01. The molecule has 50 valence electrons. The van der Waals surface area contributed by atoms with Gasteiger partial charge in [-0.05, 0) is 6.92 Å². The van der Waals surface area contributed by atoms with Crippen molar-refractivity contribution in [3.8, 4) is 0 Å². The average Bonchev–Trinajstić information content (AvgIpc) is 2.10. The van der Waals surface area contributed by atoms with Crippen LogP contribution < -0.4 is 11.5 Å². The Morgan fingerprint density at radius 1 is 1.67 bits per heavy atom. The molecule has 9 heavy (non-hydrogen) atoms. The molecule has 0 radical (unpaired) electrons. The van der Waals surface area contributed by atoms with Crippen LogP contribution in [0.3, 0.4) is 0 Å². The molecule has 0 saturated carbocycles. The quantitative estimate of drug-likeness (QED) is 0.559. The fraction of sp³-hybridized carbons (Fsp3) is 0.400. The van der Waals surface area contributed by atoms with Crippen molar-refractivity contribution in [3.05, 3.63) is 6.07 Å². The highest BCUT2D eigenvalue weighted by Crippen LogP contribution is 2.05.